The van der Waals surface area contributed by atoms with E-state index in [1.54, 1.807) is 36.9 Å². The van der Waals surface area contributed by atoms with Crippen LogP contribution in [0.4, 0.5) is 4.79 Å². The van der Waals surface area contributed by atoms with Gasteiger partial charge in [-0.25, -0.2) is 24.7 Å². The third-order valence-corrected chi connectivity index (χ3v) is 1.88. The van der Waals surface area contributed by atoms with Crippen LogP contribution in [0, 0.1) is 0 Å². The monoisotopic (exact) mass is 246 g/mol. The number of carbonyl (C=O) groups excluding carboxylic acids is 1. The number of aromatic nitrogens is 4. The highest BCUT2D eigenvalue weighted by molar-refractivity contribution is 5.59. The topological polar surface area (TPSA) is 87.1 Å². The van der Waals surface area contributed by atoms with E-state index < -0.39 is 6.16 Å². The highest BCUT2D eigenvalue weighted by atomic mass is 16.7. The van der Waals surface area contributed by atoms with Crippen LogP contribution in [-0.4, -0.2) is 26.1 Å². The Morgan fingerprint density at radius 1 is 0.833 bits per heavy atom. The van der Waals surface area contributed by atoms with Crippen LogP contribution in [0.3, 0.4) is 0 Å². The van der Waals surface area contributed by atoms with Crippen molar-refractivity contribution >= 4 is 6.16 Å². The molecule has 92 valence electrons. The van der Waals surface area contributed by atoms with E-state index in [-0.39, 0.29) is 13.2 Å². The predicted molar refractivity (Wildman–Crippen MR) is 59.0 cm³/mol. The van der Waals surface area contributed by atoms with Crippen molar-refractivity contribution in [1.29, 1.82) is 0 Å². The smallest absolute Gasteiger partial charge is 0.426 e. The molecule has 2 aromatic heterocycles. The van der Waals surface area contributed by atoms with E-state index in [2.05, 4.69) is 19.9 Å². The number of carbonyl (C=O) groups is 1. The molecule has 0 aliphatic heterocycles. The van der Waals surface area contributed by atoms with Crippen LogP contribution in [-0.2, 0) is 22.7 Å². The summed E-state index contributed by atoms with van der Waals surface area (Å²) in [6, 6.07) is 3.35. The van der Waals surface area contributed by atoms with Gasteiger partial charge in [0.25, 0.3) is 0 Å². The molecule has 2 aromatic rings. The molecule has 0 N–H and O–H groups in total. The first-order valence-electron chi connectivity index (χ1n) is 5.16. The minimum Gasteiger partial charge on any atom is -0.426 e. The van der Waals surface area contributed by atoms with Gasteiger partial charge in [0.1, 0.15) is 0 Å². The Balaban J connectivity index is 1.73. The summed E-state index contributed by atoms with van der Waals surface area (Å²) in [7, 11) is 0. The van der Waals surface area contributed by atoms with Crippen molar-refractivity contribution < 1.29 is 14.3 Å². The van der Waals surface area contributed by atoms with Crippen molar-refractivity contribution in [2.45, 2.75) is 13.2 Å². The number of rotatable bonds is 4. The van der Waals surface area contributed by atoms with E-state index in [1.165, 1.54) is 0 Å². The van der Waals surface area contributed by atoms with Crippen LogP contribution in [0.15, 0.2) is 36.9 Å². The van der Waals surface area contributed by atoms with Gasteiger partial charge in [-0.15, -0.1) is 0 Å². The van der Waals surface area contributed by atoms with Gasteiger partial charge in [-0.2, -0.15) is 0 Å². The summed E-state index contributed by atoms with van der Waals surface area (Å²) in [6.45, 7) is -0.0648. The number of hydrogen-bond donors (Lipinski definition) is 0. The summed E-state index contributed by atoms with van der Waals surface area (Å²) in [5.41, 5.74) is 0. The molecule has 0 saturated carbocycles. The number of hydrogen-bond acceptors (Lipinski definition) is 7. The lowest BCUT2D eigenvalue weighted by molar-refractivity contribution is 0.0413. The molecule has 18 heavy (non-hydrogen) atoms. The molecule has 0 fully saturated rings. The van der Waals surface area contributed by atoms with Gasteiger partial charge in [0.2, 0.25) is 0 Å². The van der Waals surface area contributed by atoms with Gasteiger partial charge in [-0.1, -0.05) is 0 Å². The van der Waals surface area contributed by atoms with Gasteiger partial charge in [-0.05, 0) is 12.1 Å². The molecule has 7 nitrogen and oxygen atoms in total. The first-order valence-corrected chi connectivity index (χ1v) is 5.16. The van der Waals surface area contributed by atoms with E-state index in [4.69, 9.17) is 9.47 Å². The SMILES string of the molecule is O=C(OCc1ncccn1)OCc1ncccn1. The second-order valence-corrected chi connectivity index (χ2v) is 3.16. The van der Waals surface area contributed by atoms with Crippen molar-refractivity contribution in [1.82, 2.24) is 19.9 Å². The fourth-order valence-corrected chi connectivity index (χ4v) is 1.10. The van der Waals surface area contributed by atoms with E-state index in [1.807, 2.05) is 0 Å². The number of nitrogens with zero attached hydrogens (tertiary/aromatic N) is 4. The normalized spacial score (nSPS) is 9.78. The summed E-state index contributed by atoms with van der Waals surface area (Å²) in [5, 5.41) is 0. The molecule has 0 spiro atoms. The standard InChI is InChI=1S/C11H10N4O3/c16-11(17-7-9-12-3-1-4-13-9)18-8-10-14-5-2-6-15-10/h1-6H,7-8H2. The van der Waals surface area contributed by atoms with Crippen LogP contribution < -0.4 is 0 Å². The molecule has 0 atom stereocenters. The summed E-state index contributed by atoms with van der Waals surface area (Å²) >= 11 is 0. The largest absolute Gasteiger partial charge is 0.509 e. The van der Waals surface area contributed by atoms with Crippen LogP contribution in [0.5, 0.6) is 0 Å². The molecular formula is C11H10N4O3. The molecule has 0 amide bonds. The Hall–Kier alpha value is -2.57. The van der Waals surface area contributed by atoms with E-state index in [0.29, 0.717) is 11.6 Å². The van der Waals surface area contributed by atoms with E-state index >= 15 is 0 Å². The van der Waals surface area contributed by atoms with E-state index in [9.17, 15) is 4.79 Å². The third-order valence-electron chi connectivity index (χ3n) is 1.88. The molecule has 2 heterocycles. The lowest BCUT2D eigenvalue weighted by atomic mass is 10.6. The van der Waals surface area contributed by atoms with Crippen LogP contribution in [0.2, 0.25) is 0 Å². The Morgan fingerprint density at radius 2 is 1.22 bits per heavy atom. The Morgan fingerprint density at radius 3 is 1.61 bits per heavy atom. The summed E-state index contributed by atoms with van der Waals surface area (Å²) < 4.78 is 9.62. The molecule has 0 saturated heterocycles. The summed E-state index contributed by atoms with van der Waals surface area (Å²) in [6.07, 6.45) is 5.45. The quantitative estimate of drug-likeness (QED) is 0.747. The summed E-state index contributed by atoms with van der Waals surface area (Å²) in [4.78, 5) is 26.8. The van der Waals surface area contributed by atoms with Crippen molar-refractivity contribution in [3.05, 3.63) is 48.6 Å². The zero-order chi connectivity index (χ0) is 12.6. The first kappa shape index (κ1) is 11.9. The Kier molecular flexibility index (Phi) is 4.12. The maximum absolute atomic E-state index is 11.2. The zero-order valence-electron chi connectivity index (χ0n) is 9.39. The maximum atomic E-state index is 11.2. The second-order valence-electron chi connectivity index (χ2n) is 3.16. The van der Waals surface area contributed by atoms with Gasteiger partial charge < -0.3 is 9.47 Å². The molecule has 0 aliphatic carbocycles. The Bertz CT molecular complexity index is 447. The third kappa shape index (κ3) is 3.78. The summed E-state index contributed by atoms with van der Waals surface area (Å²) in [5.74, 6) is 0.816. The lowest BCUT2D eigenvalue weighted by Gasteiger charge is -2.04. The van der Waals surface area contributed by atoms with Gasteiger partial charge in [0.15, 0.2) is 24.9 Å². The minimum absolute atomic E-state index is 0.0324. The highest BCUT2D eigenvalue weighted by Crippen LogP contribution is 1.97. The van der Waals surface area contributed by atoms with Crippen LogP contribution in [0.25, 0.3) is 0 Å². The van der Waals surface area contributed by atoms with Gasteiger partial charge in [-0.3, -0.25) is 0 Å². The van der Waals surface area contributed by atoms with Crippen molar-refractivity contribution in [3.63, 3.8) is 0 Å². The highest BCUT2D eigenvalue weighted by Gasteiger charge is 2.06. The fraction of sp³-hybridized carbons (Fsp3) is 0.182. The van der Waals surface area contributed by atoms with Crippen molar-refractivity contribution in [3.8, 4) is 0 Å². The van der Waals surface area contributed by atoms with E-state index in [0.717, 1.165) is 0 Å². The van der Waals surface area contributed by atoms with Gasteiger partial charge in [0, 0.05) is 24.8 Å². The van der Waals surface area contributed by atoms with Crippen molar-refractivity contribution in [2.24, 2.45) is 0 Å². The van der Waals surface area contributed by atoms with Gasteiger partial charge >= 0.3 is 6.16 Å². The molecule has 2 rings (SSSR count). The molecule has 7 heteroatoms. The minimum atomic E-state index is -0.810. The number of ether oxygens (including phenoxy) is 2. The van der Waals surface area contributed by atoms with Crippen LogP contribution >= 0.6 is 0 Å². The first-order chi connectivity index (χ1) is 8.84. The Labute approximate surface area is 103 Å². The lowest BCUT2D eigenvalue weighted by Crippen LogP contribution is -2.10. The van der Waals surface area contributed by atoms with Crippen LogP contribution in [0.1, 0.15) is 11.6 Å². The maximum Gasteiger partial charge on any atom is 0.509 e. The molecule has 0 radical (unpaired) electrons. The average molecular weight is 246 g/mol. The molecule has 0 aliphatic rings. The zero-order valence-corrected chi connectivity index (χ0v) is 9.39. The second kappa shape index (κ2) is 6.24. The molecular weight excluding hydrogens is 236 g/mol. The van der Waals surface area contributed by atoms with Gasteiger partial charge in [0.05, 0.1) is 0 Å². The predicted octanol–water partition coefficient (Wildman–Crippen LogP) is 1.12. The van der Waals surface area contributed by atoms with Crippen molar-refractivity contribution in [2.75, 3.05) is 0 Å². The fourth-order valence-electron chi connectivity index (χ4n) is 1.10. The molecule has 0 bridgehead atoms. The average Bonchev–Trinajstić information content (AvgIpc) is 2.45. The molecule has 0 aromatic carbocycles. The molecule has 0 unspecified atom stereocenters.